The van der Waals surface area contributed by atoms with Crippen LogP contribution in [-0.4, -0.2) is 80.6 Å². The van der Waals surface area contributed by atoms with Gasteiger partial charge < -0.3 is 39.7 Å². The highest BCUT2D eigenvalue weighted by molar-refractivity contribution is 9.09. The lowest BCUT2D eigenvalue weighted by Gasteiger charge is -2.15. The zero-order valence-electron chi connectivity index (χ0n) is 56.0. The minimum absolute atomic E-state index is 0.0533. The smallest absolute Gasteiger partial charge is 0.167 e. The molecule has 0 radical (unpaired) electrons. The molecule has 12 rings (SSSR count). The molecule has 0 fully saturated rings. The molecule has 2 heterocycles. The van der Waals surface area contributed by atoms with E-state index in [1.165, 1.54) is 87.7 Å². The number of hydrogen-bond donors (Lipinski definition) is 5. The second-order valence-electron chi connectivity index (χ2n) is 24.1. The molecule has 10 aromatic carbocycles. The number of phenolic OH excluding ortho intramolecular Hbond substituents is 5. The van der Waals surface area contributed by atoms with Gasteiger partial charge in [-0.2, -0.15) is 0 Å². The van der Waals surface area contributed by atoms with Crippen LogP contribution in [0.25, 0.3) is 111 Å². The summed E-state index contributed by atoms with van der Waals surface area (Å²) in [7, 11) is 0. The first-order valence-electron chi connectivity index (χ1n) is 34.3. The maximum Gasteiger partial charge on any atom is 0.167 e. The number of rotatable bonds is 28. The maximum absolute atomic E-state index is 11.4. The Hall–Kier alpha value is -9.86. The largest absolute Gasteiger partial charge is 0.508 e. The van der Waals surface area contributed by atoms with Gasteiger partial charge in [-0.3, -0.25) is 0 Å². The van der Waals surface area contributed by atoms with Crippen LogP contribution >= 0.6 is 15.9 Å². The fourth-order valence-electron chi connectivity index (χ4n) is 11.8. The van der Waals surface area contributed by atoms with E-state index in [1.807, 2.05) is 109 Å². The Bertz CT molecular complexity index is 4360. The predicted molar refractivity (Wildman–Crippen MR) is 397 cm³/mol. The van der Waals surface area contributed by atoms with Crippen LogP contribution in [0.1, 0.15) is 130 Å². The number of ether oxygens (including phenoxy) is 3. The van der Waals surface area contributed by atoms with Crippen LogP contribution in [0, 0.1) is 0 Å². The van der Waals surface area contributed by atoms with E-state index in [-0.39, 0.29) is 34.6 Å². The molecule has 5 N–H and O–H groups in total. The highest BCUT2D eigenvalue weighted by atomic mass is 79.9. The number of phenols is 5. The first-order valence-corrected chi connectivity index (χ1v) is 35.4. The number of aromatic nitrogens is 6. The molecule has 0 atom stereocenters. The molecule has 14 nitrogen and oxygen atoms in total. The van der Waals surface area contributed by atoms with E-state index in [0.29, 0.717) is 87.7 Å². The Morgan fingerprint density at radius 1 is 0.278 bits per heavy atom. The fourth-order valence-corrected chi connectivity index (χ4v) is 12.2. The highest BCUT2D eigenvalue weighted by Crippen LogP contribution is 2.42. The van der Waals surface area contributed by atoms with Crippen molar-refractivity contribution in [2.45, 2.75) is 130 Å². The lowest BCUT2D eigenvalue weighted by Crippen LogP contribution is -2.03. The van der Waals surface area contributed by atoms with Crippen LogP contribution in [-0.2, 0) is 0 Å². The fraction of sp³-hybridized carbons (Fsp3) is 0.293. The van der Waals surface area contributed by atoms with E-state index in [1.54, 1.807) is 30.3 Å². The third-order valence-electron chi connectivity index (χ3n) is 17.0. The Balaban J connectivity index is 0.000000203. The summed E-state index contributed by atoms with van der Waals surface area (Å²) in [5.41, 5.74) is 3.90. The van der Waals surface area contributed by atoms with Gasteiger partial charge in [0, 0.05) is 61.3 Å². The summed E-state index contributed by atoms with van der Waals surface area (Å²) < 4.78 is 18.6. The molecule has 0 aliphatic carbocycles. The molecule has 0 bridgehead atoms. The van der Waals surface area contributed by atoms with Gasteiger partial charge in [-0.05, 0) is 120 Å². The quantitative estimate of drug-likeness (QED) is 0.0229. The molecule has 500 valence electrons. The number of nitrogens with zero attached hydrogens (tertiary/aromatic N) is 6. The zero-order valence-corrected chi connectivity index (χ0v) is 57.6. The third-order valence-corrected chi connectivity index (χ3v) is 17.6. The monoisotopic (exact) mass is 1360 g/mol. The molecule has 97 heavy (non-hydrogen) atoms. The van der Waals surface area contributed by atoms with Gasteiger partial charge in [0.25, 0.3) is 0 Å². The van der Waals surface area contributed by atoms with Crippen LogP contribution in [0.2, 0.25) is 0 Å². The summed E-state index contributed by atoms with van der Waals surface area (Å²) in [6, 6.07) is 55.6. The van der Waals surface area contributed by atoms with E-state index in [0.717, 1.165) is 93.5 Å². The lowest BCUT2D eigenvalue weighted by molar-refractivity contribution is 0.303. The topological polar surface area (TPSA) is 206 Å². The molecule has 15 heteroatoms. The van der Waals surface area contributed by atoms with Crippen molar-refractivity contribution in [2.24, 2.45) is 0 Å². The second kappa shape index (κ2) is 35.2. The number of halogens is 1. The van der Waals surface area contributed by atoms with Gasteiger partial charge in [0.1, 0.15) is 46.0 Å². The highest BCUT2D eigenvalue weighted by Gasteiger charge is 2.22. The number of unbranched alkanes of at least 4 members (excludes halogenated alkanes) is 12. The Morgan fingerprint density at radius 3 is 0.959 bits per heavy atom. The van der Waals surface area contributed by atoms with Gasteiger partial charge in [-0.1, -0.05) is 218 Å². The molecule has 12 aromatic rings. The van der Waals surface area contributed by atoms with Crippen LogP contribution in [0.4, 0.5) is 0 Å². The lowest BCUT2D eigenvalue weighted by atomic mass is 10.0. The van der Waals surface area contributed by atoms with Gasteiger partial charge in [-0.25, -0.2) is 29.9 Å². The molecular weight excluding hydrogens is 1280 g/mol. The average molecular weight is 1360 g/mol. The second-order valence-corrected chi connectivity index (χ2v) is 24.9. The summed E-state index contributed by atoms with van der Waals surface area (Å²) in [5, 5.41) is 60.5. The van der Waals surface area contributed by atoms with Crippen molar-refractivity contribution in [1.29, 1.82) is 0 Å². The van der Waals surface area contributed by atoms with Gasteiger partial charge in [0.2, 0.25) is 0 Å². The number of fused-ring (bicyclic) bond motifs is 4. The molecule has 0 amide bonds. The summed E-state index contributed by atoms with van der Waals surface area (Å²) in [6.45, 7) is 10.8. The van der Waals surface area contributed by atoms with Gasteiger partial charge in [0.15, 0.2) is 34.9 Å². The minimum atomic E-state index is -0.177. The molecule has 0 saturated carbocycles. The van der Waals surface area contributed by atoms with E-state index >= 15 is 0 Å². The van der Waals surface area contributed by atoms with Crippen LogP contribution in [0.3, 0.4) is 0 Å². The number of hydrogen-bond acceptors (Lipinski definition) is 14. The third kappa shape index (κ3) is 17.8. The number of benzene rings is 10. The maximum atomic E-state index is 11.4. The molecule has 0 unspecified atom stereocenters. The van der Waals surface area contributed by atoms with Gasteiger partial charge in [-0.15, -0.1) is 0 Å². The van der Waals surface area contributed by atoms with E-state index in [2.05, 4.69) is 77.9 Å². The van der Waals surface area contributed by atoms with Crippen molar-refractivity contribution < 1.29 is 39.7 Å². The predicted octanol–water partition coefficient (Wildman–Crippen LogP) is 21.7. The summed E-state index contributed by atoms with van der Waals surface area (Å²) in [6.07, 6.45) is 19.1. The Morgan fingerprint density at radius 2 is 0.588 bits per heavy atom. The Labute approximate surface area is 577 Å². The molecule has 2 aromatic heterocycles. The molecular formula is C82H87BrN6O8. The minimum Gasteiger partial charge on any atom is -0.508 e. The van der Waals surface area contributed by atoms with Gasteiger partial charge in [0.05, 0.1) is 30.9 Å². The van der Waals surface area contributed by atoms with Gasteiger partial charge >= 0.3 is 0 Å². The molecule has 0 aliphatic rings. The number of aromatic hydroxyl groups is 5. The standard InChI is InChI=1S/C47H55N3O4.C29H19N3O4.C6H13Br/c1-4-7-10-17-30-52-34-24-25-41(42(51)33-34)47-49-45(39-26-28-43(53-31-18-11-8-5-2)37-22-15-13-20-35(37)39)48-46(50-47)40-27-29-44(54-32-19-12-9-6-3)38-23-16-14-21-36(38)40;33-16-9-10-23(26(36)15-16)29-31-27(21-11-13-24(34)19-7-3-1-5-17(19)21)30-28(32-29)22-12-14-25(35)20-8-4-2-6-18(20)22;1-2-3-4-5-6-7/h13-16,20-29,33,51H,4-12,17-19,30-32H2,1-3H3;1-15,33-36H;2-6H2,1H3. The van der Waals surface area contributed by atoms with Crippen molar-refractivity contribution in [3.8, 4) is 114 Å². The Kier molecular flexibility index (Phi) is 25.4. The zero-order chi connectivity index (χ0) is 67.9. The summed E-state index contributed by atoms with van der Waals surface area (Å²) in [5.74, 6) is 4.69. The molecule has 0 spiro atoms. The van der Waals surface area contributed by atoms with E-state index in [9.17, 15) is 25.5 Å². The van der Waals surface area contributed by atoms with Crippen molar-refractivity contribution in [2.75, 3.05) is 25.2 Å². The van der Waals surface area contributed by atoms with Crippen molar-refractivity contribution >= 4 is 59.0 Å². The first kappa shape index (κ1) is 70.0. The average Bonchev–Trinajstić information content (AvgIpc) is 0.772. The van der Waals surface area contributed by atoms with E-state index < -0.39 is 0 Å². The SMILES string of the molecule is CCCCCCBr.CCCCCCOc1ccc(-c2nc(-c3ccc(OCCCCCC)c4ccccc34)nc(-c3ccc(OCCCCCC)c4ccccc34)n2)c(O)c1.Oc1ccc(-c2nc(-c3ccc(O)c4ccccc34)nc(-c3ccc(O)c4ccccc34)n2)c(O)c1. The van der Waals surface area contributed by atoms with Crippen molar-refractivity contribution in [1.82, 2.24) is 29.9 Å². The van der Waals surface area contributed by atoms with E-state index in [4.69, 9.17) is 34.1 Å². The van der Waals surface area contributed by atoms with Crippen molar-refractivity contribution in [3.05, 3.63) is 182 Å². The van der Waals surface area contributed by atoms with Crippen LogP contribution in [0.5, 0.6) is 46.0 Å². The first-order chi connectivity index (χ1) is 47.5. The van der Waals surface area contributed by atoms with Crippen LogP contribution in [0.15, 0.2) is 182 Å². The molecule has 0 aliphatic heterocycles. The van der Waals surface area contributed by atoms with Crippen molar-refractivity contribution in [3.63, 3.8) is 0 Å². The summed E-state index contributed by atoms with van der Waals surface area (Å²) in [4.78, 5) is 29.4. The summed E-state index contributed by atoms with van der Waals surface area (Å²) >= 11 is 3.38. The van der Waals surface area contributed by atoms with Crippen LogP contribution < -0.4 is 14.2 Å². The number of alkyl halides is 1. The normalized spacial score (nSPS) is 11.1. The molecule has 0 saturated heterocycles.